The number of hydrogen-bond donors (Lipinski definition) is 1. The number of benzene rings is 1. The number of carbonyl (C=O) groups is 2. The number of alkyl halides is 3. The van der Waals surface area contributed by atoms with Crippen molar-refractivity contribution in [2.75, 3.05) is 24.5 Å². The summed E-state index contributed by atoms with van der Waals surface area (Å²) in [5.74, 6) is 0.296. The third-order valence-corrected chi connectivity index (χ3v) is 6.28. The normalized spacial score (nSPS) is 18.8. The van der Waals surface area contributed by atoms with Crippen molar-refractivity contribution < 1.29 is 22.8 Å². The van der Waals surface area contributed by atoms with Crippen LogP contribution < -0.4 is 10.2 Å². The number of nitrogens with zero attached hydrogens (tertiary/aromatic N) is 3. The largest absolute Gasteiger partial charge is 0.417 e. The second-order valence-electron chi connectivity index (χ2n) is 8.53. The lowest BCUT2D eigenvalue weighted by atomic mass is 9.99. The lowest BCUT2D eigenvalue weighted by molar-refractivity contribution is -0.143. The average molecular weight is 461 g/mol. The van der Waals surface area contributed by atoms with E-state index in [1.165, 1.54) is 6.07 Å². The molecule has 2 saturated heterocycles. The Bertz CT molecular complexity index is 958. The van der Waals surface area contributed by atoms with Crippen molar-refractivity contribution in [1.82, 2.24) is 15.2 Å². The van der Waals surface area contributed by atoms with Gasteiger partial charge in [0, 0.05) is 38.3 Å². The van der Waals surface area contributed by atoms with E-state index >= 15 is 0 Å². The van der Waals surface area contributed by atoms with Crippen molar-refractivity contribution in [1.29, 1.82) is 0 Å². The Morgan fingerprint density at radius 1 is 1.03 bits per heavy atom. The molecule has 33 heavy (non-hydrogen) atoms. The highest BCUT2D eigenvalue weighted by atomic mass is 19.4. The van der Waals surface area contributed by atoms with Crippen molar-refractivity contribution >= 4 is 17.6 Å². The Labute approximate surface area is 190 Å². The molecular weight excluding hydrogens is 433 g/mol. The van der Waals surface area contributed by atoms with Crippen molar-refractivity contribution in [3.63, 3.8) is 0 Å². The van der Waals surface area contributed by atoms with Gasteiger partial charge in [-0.1, -0.05) is 30.3 Å². The molecule has 1 atom stereocenters. The molecule has 0 saturated carbocycles. The molecule has 1 N–H and O–H groups in total. The molecule has 1 aromatic carbocycles. The van der Waals surface area contributed by atoms with Crippen molar-refractivity contribution in [2.45, 2.75) is 50.4 Å². The van der Waals surface area contributed by atoms with E-state index in [0.717, 1.165) is 30.7 Å². The third kappa shape index (κ3) is 5.46. The predicted molar refractivity (Wildman–Crippen MR) is 117 cm³/mol. The Morgan fingerprint density at radius 2 is 1.76 bits per heavy atom. The van der Waals surface area contributed by atoms with E-state index in [1.807, 2.05) is 35.2 Å². The zero-order valence-corrected chi connectivity index (χ0v) is 18.2. The fourth-order valence-electron chi connectivity index (χ4n) is 4.48. The van der Waals surface area contributed by atoms with Gasteiger partial charge in [-0.2, -0.15) is 13.2 Å². The smallest absolute Gasteiger partial charge is 0.356 e. The van der Waals surface area contributed by atoms with Crippen LogP contribution in [0.3, 0.4) is 0 Å². The van der Waals surface area contributed by atoms with Gasteiger partial charge in [0.25, 0.3) is 0 Å². The van der Waals surface area contributed by atoms with Gasteiger partial charge in [-0.3, -0.25) is 9.59 Å². The molecule has 2 aromatic rings. The van der Waals surface area contributed by atoms with Gasteiger partial charge < -0.3 is 15.1 Å². The number of aromatic nitrogens is 1. The maximum Gasteiger partial charge on any atom is 0.417 e. The van der Waals surface area contributed by atoms with Crippen LogP contribution >= 0.6 is 0 Å². The van der Waals surface area contributed by atoms with Crippen molar-refractivity contribution in [3.8, 4) is 0 Å². The van der Waals surface area contributed by atoms with E-state index in [-0.39, 0.29) is 17.9 Å². The summed E-state index contributed by atoms with van der Waals surface area (Å²) in [6, 6.07) is 11.0. The number of likely N-dealkylation sites (tertiary alicyclic amines) is 1. The summed E-state index contributed by atoms with van der Waals surface area (Å²) < 4.78 is 38.3. The predicted octanol–water partition coefficient (Wildman–Crippen LogP) is 3.94. The van der Waals surface area contributed by atoms with Crippen LogP contribution in [0.5, 0.6) is 0 Å². The number of anilines is 1. The SMILES string of the molecule is O=C(NC1CCN(c2ccc(C(F)(F)F)cn2)CC1)C(c1ccccc1)N1CCCCC1=O. The molecule has 4 rings (SSSR count). The fourth-order valence-corrected chi connectivity index (χ4v) is 4.48. The van der Waals surface area contributed by atoms with Crippen LogP contribution in [0.1, 0.15) is 49.3 Å². The van der Waals surface area contributed by atoms with Crippen LogP contribution in [-0.2, 0) is 15.8 Å². The van der Waals surface area contributed by atoms with E-state index in [2.05, 4.69) is 10.3 Å². The molecular formula is C24H27F3N4O2. The molecule has 176 valence electrons. The van der Waals surface area contributed by atoms with Crippen molar-refractivity contribution in [2.24, 2.45) is 0 Å². The number of halogens is 3. The third-order valence-electron chi connectivity index (χ3n) is 6.28. The number of carbonyl (C=O) groups excluding carboxylic acids is 2. The van der Waals surface area contributed by atoms with Crippen molar-refractivity contribution in [3.05, 3.63) is 59.8 Å². The highest BCUT2D eigenvalue weighted by molar-refractivity contribution is 5.89. The molecule has 2 amide bonds. The van der Waals surface area contributed by atoms with E-state index < -0.39 is 17.8 Å². The molecule has 0 spiro atoms. The molecule has 1 unspecified atom stereocenters. The molecule has 3 heterocycles. The summed E-state index contributed by atoms with van der Waals surface area (Å²) in [4.78, 5) is 33.4. The molecule has 2 aliphatic rings. The summed E-state index contributed by atoms with van der Waals surface area (Å²) >= 11 is 0. The summed E-state index contributed by atoms with van der Waals surface area (Å²) in [6.45, 7) is 1.70. The number of piperidine rings is 2. The first-order valence-electron chi connectivity index (χ1n) is 11.3. The standard InChI is InChI=1S/C24H27F3N4O2/c25-24(26,27)18-9-10-20(28-16-18)30-14-11-19(12-15-30)29-23(33)22(17-6-2-1-3-7-17)31-13-5-4-8-21(31)32/h1-3,6-7,9-10,16,19,22H,4-5,8,11-15H2,(H,29,33). The lowest BCUT2D eigenvalue weighted by Crippen LogP contribution is -2.50. The van der Waals surface area contributed by atoms with Gasteiger partial charge in [-0.25, -0.2) is 4.98 Å². The van der Waals surface area contributed by atoms with Gasteiger partial charge in [0.05, 0.1) is 5.56 Å². The summed E-state index contributed by atoms with van der Waals surface area (Å²) in [5, 5.41) is 3.11. The van der Waals surface area contributed by atoms with Crippen LogP contribution in [0.15, 0.2) is 48.7 Å². The van der Waals surface area contributed by atoms with Gasteiger partial charge in [0.1, 0.15) is 11.9 Å². The molecule has 0 aliphatic carbocycles. The zero-order chi connectivity index (χ0) is 23.4. The zero-order valence-electron chi connectivity index (χ0n) is 18.2. The maximum atomic E-state index is 13.3. The molecule has 6 nitrogen and oxygen atoms in total. The lowest BCUT2D eigenvalue weighted by Gasteiger charge is -2.37. The van der Waals surface area contributed by atoms with Gasteiger partial charge in [0.2, 0.25) is 11.8 Å². The van der Waals surface area contributed by atoms with Gasteiger partial charge in [0.15, 0.2) is 0 Å². The Balaban J connectivity index is 1.39. The molecule has 2 fully saturated rings. The van der Waals surface area contributed by atoms with E-state index in [4.69, 9.17) is 0 Å². The van der Waals surface area contributed by atoms with Gasteiger partial charge in [-0.05, 0) is 43.4 Å². The quantitative estimate of drug-likeness (QED) is 0.734. The minimum Gasteiger partial charge on any atom is -0.356 e. The monoisotopic (exact) mass is 460 g/mol. The number of amides is 2. The number of nitrogens with one attached hydrogen (secondary N) is 1. The Hall–Kier alpha value is -3.10. The minimum atomic E-state index is -4.41. The fraction of sp³-hybridized carbons (Fsp3) is 0.458. The van der Waals surface area contributed by atoms with Gasteiger partial charge in [-0.15, -0.1) is 0 Å². The number of rotatable bonds is 5. The van der Waals surface area contributed by atoms with Crippen LogP contribution in [0.4, 0.5) is 19.0 Å². The molecule has 1 aromatic heterocycles. The first kappa shape index (κ1) is 23.1. The second-order valence-corrected chi connectivity index (χ2v) is 8.53. The first-order chi connectivity index (χ1) is 15.8. The first-order valence-corrected chi connectivity index (χ1v) is 11.3. The van der Waals surface area contributed by atoms with E-state index in [1.54, 1.807) is 4.90 Å². The summed E-state index contributed by atoms with van der Waals surface area (Å²) in [7, 11) is 0. The van der Waals surface area contributed by atoms with Crippen LogP contribution in [0.2, 0.25) is 0 Å². The summed E-state index contributed by atoms with van der Waals surface area (Å²) in [6.07, 6.45) is -0.101. The minimum absolute atomic E-state index is 0.00606. The molecule has 0 bridgehead atoms. The average Bonchev–Trinajstić information content (AvgIpc) is 2.81. The molecule has 0 radical (unpaired) electrons. The van der Waals surface area contributed by atoms with Crippen LogP contribution in [-0.4, -0.2) is 47.4 Å². The van der Waals surface area contributed by atoms with E-state index in [0.29, 0.717) is 44.7 Å². The van der Waals surface area contributed by atoms with E-state index in [9.17, 15) is 22.8 Å². The topological polar surface area (TPSA) is 65.5 Å². The van der Waals surface area contributed by atoms with Crippen LogP contribution in [0.25, 0.3) is 0 Å². The van der Waals surface area contributed by atoms with Crippen LogP contribution in [0, 0.1) is 0 Å². The van der Waals surface area contributed by atoms with Gasteiger partial charge >= 0.3 is 6.18 Å². The highest BCUT2D eigenvalue weighted by Crippen LogP contribution is 2.30. The Morgan fingerprint density at radius 3 is 2.36 bits per heavy atom. The summed E-state index contributed by atoms with van der Waals surface area (Å²) in [5.41, 5.74) is 0.0178. The molecule has 2 aliphatic heterocycles. The highest BCUT2D eigenvalue weighted by Gasteiger charge is 2.34. The molecule has 9 heteroatoms. The maximum absolute atomic E-state index is 13.3. The second kappa shape index (κ2) is 9.80. The number of hydrogen-bond acceptors (Lipinski definition) is 4. The number of pyridine rings is 1. The Kier molecular flexibility index (Phi) is 6.85.